The third-order valence-corrected chi connectivity index (χ3v) is 1.90. The smallest absolute Gasteiger partial charge is 0.393 e. The van der Waals surface area contributed by atoms with Crippen LogP contribution in [-0.2, 0) is 0 Å². The van der Waals surface area contributed by atoms with Crippen molar-refractivity contribution < 1.29 is 18.3 Å². The number of halogens is 4. The van der Waals surface area contributed by atoms with Crippen molar-refractivity contribution >= 4 is 12.4 Å². The third-order valence-electron chi connectivity index (χ3n) is 1.90. The van der Waals surface area contributed by atoms with Gasteiger partial charge in [0.05, 0.1) is 6.10 Å². The van der Waals surface area contributed by atoms with Crippen LogP contribution in [0.25, 0.3) is 0 Å². The number of hydrogen-bond acceptors (Lipinski definition) is 2. The molecule has 2 atom stereocenters. The van der Waals surface area contributed by atoms with Gasteiger partial charge < -0.3 is 10.8 Å². The Morgan fingerprint density at radius 1 is 1.21 bits per heavy atom. The Hall–Kier alpha value is -0.0000000000000000555. The fraction of sp³-hybridized carbons (Fsp3) is 1.00. The van der Waals surface area contributed by atoms with E-state index in [1.54, 1.807) is 20.8 Å². The first-order chi connectivity index (χ1) is 5.55. The van der Waals surface area contributed by atoms with Crippen LogP contribution >= 0.6 is 12.4 Å². The summed E-state index contributed by atoms with van der Waals surface area (Å²) in [6.45, 7) is 5.00. The molecule has 0 aromatic carbocycles. The quantitative estimate of drug-likeness (QED) is 0.770. The van der Waals surface area contributed by atoms with Crippen LogP contribution in [0.1, 0.15) is 27.2 Å². The molecule has 3 N–H and O–H groups in total. The Balaban J connectivity index is 0. The second-order valence-electron chi connectivity index (χ2n) is 4.27. The molecule has 0 spiro atoms. The van der Waals surface area contributed by atoms with Crippen molar-refractivity contribution in [3.63, 3.8) is 0 Å². The molecule has 0 bridgehead atoms. The molecule has 0 fully saturated rings. The number of alkyl halides is 3. The Kier molecular flexibility index (Phi) is 6.09. The highest BCUT2D eigenvalue weighted by atomic mass is 35.5. The maximum atomic E-state index is 12.0. The summed E-state index contributed by atoms with van der Waals surface area (Å²) in [7, 11) is 0. The van der Waals surface area contributed by atoms with E-state index in [0.29, 0.717) is 0 Å². The molecule has 0 radical (unpaired) electrons. The Bertz CT molecular complexity index is 149. The van der Waals surface area contributed by atoms with Gasteiger partial charge in [-0.25, -0.2) is 0 Å². The van der Waals surface area contributed by atoms with Gasteiger partial charge in [0.2, 0.25) is 0 Å². The average molecular weight is 236 g/mol. The molecule has 0 aromatic rings. The lowest BCUT2D eigenvalue weighted by atomic mass is 9.85. The first-order valence-corrected chi connectivity index (χ1v) is 4.05. The summed E-state index contributed by atoms with van der Waals surface area (Å²) in [5.41, 5.74) is 4.30. The van der Waals surface area contributed by atoms with E-state index < -0.39 is 30.2 Å². The lowest BCUT2D eigenvalue weighted by Gasteiger charge is -2.28. The maximum Gasteiger partial charge on any atom is 0.403 e. The fourth-order valence-electron chi connectivity index (χ4n) is 0.728. The second-order valence-corrected chi connectivity index (χ2v) is 4.27. The molecule has 0 amide bonds. The van der Waals surface area contributed by atoms with Crippen molar-refractivity contribution in [3.05, 3.63) is 0 Å². The summed E-state index contributed by atoms with van der Waals surface area (Å²) in [5.74, 6) is 0. The van der Waals surface area contributed by atoms with Gasteiger partial charge in [-0.05, 0) is 11.8 Å². The van der Waals surface area contributed by atoms with Crippen LogP contribution < -0.4 is 5.73 Å². The van der Waals surface area contributed by atoms with Crippen molar-refractivity contribution in [1.82, 2.24) is 0 Å². The van der Waals surface area contributed by atoms with Gasteiger partial charge >= 0.3 is 6.18 Å². The van der Waals surface area contributed by atoms with E-state index in [1.807, 2.05) is 0 Å². The van der Waals surface area contributed by atoms with E-state index in [9.17, 15) is 18.3 Å². The summed E-state index contributed by atoms with van der Waals surface area (Å²) < 4.78 is 35.9. The molecular weight excluding hydrogens is 219 g/mol. The van der Waals surface area contributed by atoms with Crippen LogP contribution in [-0.4, -0.2) is 23.4 Å². The number of rotatable bonds is 2. The minimum absolute atomic E-state index is 0. The summed E-state index contributed by atoms with van der Waals surface area (Å²) in [6.07, 6.45) is -5.91. The second kappa shape index (κ2) is 5.19. The molecule has 0 aliphatic carbocycles. The average Bonchev–Trinajstić information content (AvgIpc) is 1.82. The van der Waals surface area contributed by atoms with E-state index in [1.165, 1.54) is 0 Å². The molecule has 1 unspecified atom stereocenters. The van der Waals surface area contributed by atoms with Crippen molar-refractivity contribution in [2.45, 2.75) is 45.5 Å². The molecule has 2 nitrogen and oxygen atoms in total. The lowest BCUT2D eigenvalue weighted by Crippen LogP contribution is -2.43. The highest BCUT2D eigenvalue weighted by Crippen LogP contribution is 2.27. The van der Waals surface area contributed by atoms with Crippen LogP contribution in [0.2, 0.25) is 0 Å². The van der Waals surface area contributed by atoms with Gasteiger partial charge in [0.25, 0.3) is 0 Å². The van der Waals surface area contributed by atoms with Gasteiger partial charge in [0, 0.05) is 0 Å². The van der Waals surface area contributed by atoms with E-state index in [-0.39, 0.29) is 12.4 Å². The standard InChI is InChI=1S/C8H16F3NO.ClH/c1-7(2,3)6(13)4-5(12)8(9,10)11;/h5-6,13H,4,12H2,1-3H3;1H/t5-,6?;/m1./s1. The molecule has 0 saturated heterocycles. The summed E-state index contributed by atoms with van der Waals surface area (Å²) in [5, 5.41) is 9.34. The van der Waals surface area contributed by atoms with Crippen molar-refractivity contribution in [3.8, 4) is 0 Å². The molecule has 0 heterocycles. The van der Waals surface area contributed by atoms with Crippen molar-refractivity contribution in [1.29, 1.82) is 0 Å². The molecular formula is C8H17ClF3NO. The SMILES string of the molecule is CC(C)(C)C(O)C[C@@H](N)C(F)(F)F.Cl. The number of hydrogen-bond donors (Lipinski definition) is 2. The molecule has 0 rings (SSSR count). The third kappa shape index (κ3) is 5.67. The molecule has 0 aliphatic heterocycles. The number of aliphatic hydroxyl groups is 1. The largest absolute Gasteiger partial charge is 0.403 e. The van der Waals surface area contributed by atoms with E-state index >= 15 is 0 Å². The zero-order chi connectivity index (χ0) is 10.9. The Morgan fingerprint density at radius 3 is 1.79 bits per heavy atom. The lowest BCUT2D eigenvalue weighted by molar-refractivity contribution is -0.156. The van der Waals surface area contributed by atoms with E-state index in [2.05, 4.69) is 0 Å². The van der Waals surface area contributed by atoms with Gasteiger partial charge in [-0.3, -0.25) is 0 Å². The monoisotopic (exact) mass is 235 g/mol. The predicted molar refractivity (Wildman–Crippen MR) is 51.4 cm³/mol. The van der Waals surface area contributed by atoms with Crippen LogP contribution in [0.3, 0.4) is 0 Å². The highest BCUT2D eigenvalue weighted by Gasteiger charge is 2.39. The van der Waals surface area contributed by atoms with Crippen LogP contribution in [0.4, 0.5) is 13.2 Å². The van der Waals surface area contributed by atoms with Crippen LogP contribution in [0, 0.1) is 5.41 Å². The minimum atomic E-state index is -4.42. The van der Waals surface area contributed by atoms with Gasteiger partial charge in [0.1, 0.15) is 6.04 Å². The van der Waals surface area contributed by atoms with Gasteiger partial charge in [0.15, 0.2) is 0 Å². The maximum absolute atomic E-state index is 12.0. The summed E-state index contributed by atoms with van der Waals surface area (Å²) in [6, 6.07) is -1.94. The normalized spacial score (nSPS) is 17.1. The van der Waals surface area contributed by atoms with Crippen LogP contribution in [0.15, 0.2) is 0 Å². The predicted octanol–water partition coefficient (Wildman–Crippen LogP) is 2.09. The fourth-order valence-corrected chi connectivity index (χ4v) is 0.728. The Morgan fingerprint density at radius 2 is 1.57 bits per heavy atom. The van der Waals surface area contributed by atoms with Crippen molar-refractivity contribution in [2.75, 3.05) is 0 Å². The first-order valence-electron chi connectivity index (χ1n) is 4.05. The minimum Gasteiger partial charge on any atom is -0.393 e. The van der Waals surface area contributed by atoms with Gasteiger partial charge in [-0.15, -0.1) is 12.4 Å². The van der Waals surface area contributed by atoms with E-state index in [4.69, 9.17) is 5.73 Å². The Labute approximate surface area is 88.1 Å². The first kappa shape index (κ1) is 16.4. The number of nitrogens with two attached hydrogens (primary N) is 1. The zero-order valence-electron chi connectivity index (χ0n) is 8.43. The number of aliphatic hydroxyl groups excluding tert-OH is 1. The molecule has 88 valence electrons. The molecule has 0 saturated carbocycles. The van der Waals surface area contributed by atoms with Gasteiger partial charge in [-0.1, -0.05) is 20.8 Å². The van der Waals surface area contributed by atoms with Crippen molar-refractivity contribution in [2.24, 2.45) is 11.1 Å². The summed E-state index contributed by atoms with van der Waals surface area (Å²) >= 11 is 0. The molecule has 6 heteroatoms. The molecule has 14 heavy (non-hydrogen) atoms. The topological polar surface area (TPSA) is 46.2 Å². The van der Waals surface area contributed by atoms with E-state index in [0.717, 1.165) is 0 Å². The molecule has 0 aliphatic rings. The molecule has 0 aromatic heterocycles. The zero-order valence-corrected chi connectivity index (χ0v) is 9.25. The van der Waals surface area contributed by atoms with Gasteiger partial charge in [-0.2, -0.15) is 13.2 Å². The highest BCUT2D eigenvalue weighted by molar-refractivity contribution is 5.85. The van der Waals surface area contributed by atoms with Crippen LogP contribution in [0.5, 0.6) is 0 Å². The summed E-state index contributed by atoms with van der Waals surface area (Å²) in [4.78, 5) is 0.